The van der Waals surface area contributed by atoms with Crippen LogP contribution in [0.3, 0.4) is 0 Å². The average molecular weight is 447 g/mol. The first-order valence-corrected chi connectivity index (χ1v) is 11.0. The van der Waals surface area contributed by atoms with Crippen LogP contribution in [-0.4, -0.2) is 22.5 Å². The highest BCUT2D eigenvalue weighted by Gasteiger charge is 2.19. The Hall–Kier alpha value is -3.71. The highest BCUT2D eigenvalue weighted by molar-refractivity contribution is 7.20. The van der Waals surface area contributed by atoms with Gasteiger partial charge in [-0.25, -0.2) is 9.78 Å². The topological polar surface area (TPSA) is 81.3 Å². The smallest absolute Gasteiger partial charge is 0.348 e. The Labute approximate surface area is 189 Å². The molecule has 2 aromatic heterocycles. The van der Waals surface area contributed by atoms with Gasteiger partial charge in [0, 0.05) is 0 Å². The third-order valence-corrected chi connectivity index (χ3v) is 5.99. The van der Waals surface area contributed by atoms with E-state index in [1.54, 1.807) is 19.9 Å². The predicted molar refractivity (Wildman–Crippen MR) is 127 cm³/mol. The molecule has 162 valence electrons. The van der Waals surface area contributed by atoms with Crippen LogP contribution in [0.25, 0.3) is 22.4 Å². The van der Waals surface area contributed by atoms with Crippen molar-refractivity contribution < 1.29 is 14.3 Å². The second-order valence-electron chi connectivity index (χ2n) is 7.09. The number of ether oxygens (including phenoxy) is 2. The number of rotatable bonds is 7. The molecule has 0 fully saturated rings. The van der Waals surface area contributed by atoms with Crippen molar-refractivity contribution in [1.82, 2.24) is 9.97 Å². The number of nitrogens with zero attached hydrogens (tertiary/aromatic N) is 1. The number of thiophene rings is 1. The molecule has 0 unspecified atom stereocenters. The van der Waals surface area contributed by atoms with Crippen LogP contribution in [0.4, 0.5) is 0 Å². The Morgan fingerprint density at radius 1 is 1.12 bits per heavy atom. The summed E-state index contributed by atoms with van der Waals surface area (Å²) in [7, 11) is 0. The van der Waals surface area contributed by atoms with Gasteiger partial charge < -0.3 is 14.5 Å². The van der Waals surface area contributed by atoms with Crippen LogP contribution in [0.2, 0.25) is 0 Å². The molecule has 0 aliphatic heterocycles. The third-order valence-electron chi connectivity index (χ3n) is 4.82. The van der Waals surface area contributed by atoms with Gasteiger partial charge in [-0.15, -0.1) is 11.3 Å². The van der Waals surface area contributed by atoms with E-state index in [0.29, 0.717) is 33.1 Å². The summed E-state index contributed by atoms with van der Waals surface area (Å²) in [6, 6.07) is 17.6. The van der Waals surface area contributed by atoms with Gasteiger partial charge in [0.1, 0.15) is 27.9 Å². The van der Waals surface area contributed by atoms with E-state index >= 15 is 0 Å². The highest BCUT2D eigenvalue weighted by atomic mass is 32.1. The molecule has 4 rings (SSSR count). The molecule has 32 heavy (non-hydrogen) atoms. The zero-order chi connectivity index (χ0) is 22.5. The summed E-state index contributed by atoms with van der Waals surface area (Å²) in [5, 5.41) is 0.423. The number of carbonyl (C=O) groups is 1. The number of aryl methyl sites for hydroxylation is 1. The molecule has 0 atom stereocenters. The molecule has 0 amide bonds. The van der Waals surface area contributed by atoms with Gasteiger partial charge >= 0.3 is 5.97 Å². The van der Waals surface area contributed by atoms with E-state index in [-0.39, 0.29) is 12.2 Å². The number of aromatic nitrogens is 2. The molecule has 0 saturated heterocycles. The molecule has 0 radical (unpaired) electrons. The van der Waals surface area contributed by atoms with Crippen LogP contribution < -0.4 is 10.3 Å². The Bertz CT molecular complexity index is 1340. The number of hydrogen-bond acceptors (Lipinski definition) is 6. The predicted octanol–water partition coefficient (Wildman–Crippen LogP) is 5.22. The summed E-state index contributed by atoms with van der Waals surface area (Å²) >= 11 is 1.17. The van der Waals surface area contributed by atoms with Gasteiger partial charge in [-0.1, -0.05) is 48.5 Å². The van der Waals surface area contributed by atoms with Crippen LogP contribution in [0.15, 0.2) is 59.4 Å². The number of benzene rings is 2. The summed E-state index contributed by atoms with van der Waals surface area (Å²) in [5.41, 5.74) is 2.32. The van der Waals surface area contributed by atoms with Gasteiger partial charge in [0.25, 0.3) is 5.56 Å². The Morgan fingerprint density at radius 3 is 2.72 bits per heavy atom. The van der Waals surface area contributed by atoms with Gasteiger partial charge in [0.05, 0.1) is 12.0 Å². The first kappa shape index (κ1) is 21.5. The lowest BCUT2D eigenvalue weighted by atomic mass is 10.2. The fourth-order valence-electron chi connectivity index (χ4n) is 3.25. The molecule has 0 spiro atoms. The first-order valence-electron chi connectivity index (χ1n) is 10.2. The van der Waals surface area contributed by atoms with Crippen molar-refractivity contribution in [3.8, 4) is 5.75 Å². The first-order chi connectivity index (χ1) is 15.5. The summed E-state index contributed by atoms with van der Waals surface area (Å²) in [6.45, 7) is 4.24. The normalized spacial score (nSPS) is 11.2. The molecule has 2 aromatic carbocycles. The van der Waals surface area contributed by atoms with E-state index in [9.17, 15) is 9.59 Å². The number of aromatic amines is 1. The van der Waals surface area contributed by atoms with Gasteiger partial charge in [-0.05, 0) is 48.7 Å². The van der Waals surface area contributed by atoms with Crippen molar-refractivity contribution in [2.45, 2.75) is 20.5 Å². The number of esters is 1. The zero-order valence-electron chi connectivity index (χ0n) is 17.8. The number of carbonyl (C=O) groups excluding carboxylic acids is 1. The molecule has 0 bridgehead atoms. The van der Waals surface area contributed by atoms with Crippen molar-refractivity contribution in [3.05, 3.63) is 92.3 Å². The molecule has 6 nitrogen and oxygen atoms in total. The minimum Gasteiger partial charge on any atom is -0.489 e. The molecule has 1 N–H and O–H groups in total. The molecule has 0 aliphatic carbocycles. The van der Waals surface area contributed by atoms with Crippen molar-refractivity contribution in [2.24, 2.45) is 0 Å². The van der Waals surface area contributed by atoms with Crippen molar-refractivity contribution in [1.29, 1.82) is 0 Å². The maximum Gasteiger partial charge on any atom is 0.348 e. The second-order valence-corrected chi connectivity index (χ2v) is 8.09. The van der Waals surface area contributed by atoms with Gasteiger partial charge in [0.15, 0.2) is 0 Å². The zero-order valence-corrected chi connectivity index (χ0v) is 18.6. The number of fused-ring (bicyclic) bond motifs is 1. The Balaban J connectivity index is 1.55. The maximum atomic E-state index is 12.6. The lowest BCUT2D eigenvalue weighted by Gasteiger charge is -2.06. The lowest BCUT2D eigenvalue weighted by Crippen LogP contribution is -2.10. The molecular weight excluding hydrogens is 424 g/mol. The number of nitrogens with one attached hydrogen (secondary N) is 1. The Kier molecular flexibility index (Phi) is 6.47. The minimum absolute atomic E-state index is 0.276. The van der Waals surface area contributed by atoms with E-state index in [4.69, 9.17) is 9.47 Å². The monoisotopic (exact) mass is 446 g/mol. The molecule has 0 aliphatic rings. The maximum absolute atomic E-state index is 12.6. The molecule has 7 heteroatoms. The Morgan fingerprint density at radius 2 is 1.94 bits per heavy atom. The van der Waals surface area contributed by atoms with Crippen LogP contribution >= 0.6 is 11.3 Å². The summed E-state index contributed by atoms with van der Waals surface area (Å²) in [5.74, 6) is 0.729. The average Bonchev–Trinajstić information content (AvgIpc) is 3.14. The summed E-state index contributed by atoms with van der Waals surface area (Å²) in [4.78, 5) is 32.9. The largest absolute Gasteiger partial charge is 0.489 e. The van der Waals surface area contributed by atoms with E-state index < -0.39 is 5.97 Å². The van der Waals surface area contributed by atoms with E-state index in [2.05, 4.69) is 9.97 Å². The van der Waals surface area contributed by atoms with E-state index in [1.165, 1.54) is 11.3 Å². The summed E-state index contributed by atoms with van der Waals surface area (Å²) < 4.78 is 10.9. The molecule has 0 saturated carbocycles. The minimum atomic E-state index is -0.434. The number of H-pyrrole nitrogens is 1. The SMILES string of the molecule is CCOC(=O)c1sc2nc(C=Cc3cccc(OCc4ccccc4)c3)[nH]c(=O)c2c1C. The van der Waals surface area contributed by atoms with Crippen LogP contribution in [0.1, 0.15) is 39.1 Å². The van der Waals surface area contributed by atoms with E-state index in [1.807, 2.05) is 60.7 Å². The fourth-order valence-corrected chi connectivity index (χ4v) is 4.34. The second kappa shape index (κ2) is 9.62. The third kappa shape index (κ3) is 4.78. The quantitative estimate of drug-likeness (QED) is 0.394. The van der Waals surface area contributed by atoms with E-state index in [0.717, 1.165) is 16.9 Å². The standard InChI is InChI=1S/C25H22N2O4S/c1-3-30-25(29)22-16(2)21-23(28)26-20(27-24(21)32-22)13-12-17-10-7-11-19(14-17)31-15-18-8-5-4-6-9-18/h4-14H,3,15H2,1-2H3,(H,26,27,28). The molecule has 4 aromatic rings. The lowest BCUT2D eigenvalue weighted by molar-refractivity contribution is 0.0531. The van der Waals surface area contributed by atoms with Crippen LogP contribution in [-0.2, 0) is 11.3 Å². The van der Waals surface area contributed by atoms with Crippen LogP contribution in [0, 0.1) is 6.92 Å². The fraction of sp³-hybridized carbons (Fsp3) is 0.160. The van der Waals surface area contributed by atoms with Gasteiger partial charge in [-0.3, -0.25) is 4.79 Å². The van der Waals surface area contributed by atoms with Crippen molar-refractivity contribution in [3.63, 3.8) is 0 Å². The summed E-state index contributed by atoms with van der Waals surface area (Å²) in [6.07, 6.45) is 3.59. The van der Waals surface area contributed by atoms with Gasteiger partial charge in [0.2, 0.25) is 0 Å². The highest BCUT2D eigenvalue weighted by Crippen LogP contribution is 2.28. The van der Waals surface area contributed by atoms with Gasteiger partial charge in [-0.2, -0.15) is 0 Å². The van der Waals surface area contributed by atoms with Crippen molar-refractivity contribution >= 4 is 39.7 Å². The molecule has 2 heterocycles. The molecular formula is C25H22N2O4S. The van der Waals surface area contributed by atoms with Crippen LogP contribution in [0.5, 0.6) is 5.75 Å². The van der Waals surface area contributed by atoms with Crippen molar-refractivity contribution in [2.75, 3.05) is 6.61 Å². The number of hydrogen-bond donors (Lipinski definition) is 1.